The smallest absolute Gasteiger partial charge is 0.223 e. The second-order valence-corrected chi connectivity index (χ2v) is 6.53. The van der Waals surface area contributed by atoms with Crippen LogP contribution in [0.25, 0.3) is 0 Å². The van der Waals surface area contributed by atoms with E-state index in [0.29, 0.717) is 11.3 Å². The molecule has 2 aliphatic carbocycles. The molecule has 3 rings (SSSR count). The second kappa shape index (κ2) is 5.80. The van der Waals surface area contributed by atoms with E-state index in [-0.39, 0.29) is 5.91 Å². The van der Waals surface area contributed by atoms with Crippen LogP contribution in [0.5, 0.6) is 0 Å². The molecule has 1 heterocycles. The monoisotopic (exact) mass is 266 g/mol. The third-order valence-corrected chi connectivity index (χ3v) is 4.92. The zero-order valence-electron chi connectivity index (χ0n) is 11.7. The number of hydrogen-bond acceptors (Lipinski definition) is 3. The van der Waals surface area contributed by atoms with Gasteiger partial charge in [-0.1, -0.05) is 0 Å². The minimum Gasteiger partial charge on any atom is -0.381 e. The molecule has 1 aliphatic heterocycles. The van der Waals surface area contributed by atoms with Gasteiger partial charge in [0.1, 0.15) is 0 Å². The van der Waals surface area contributed by atoms with Crippen molar-refractivity contribution >= 4 is 5.91 Å². The van der Waals surface area contributed by atoms with Crippen molar-refractivity contribution in [3.05, 3.63) is 0 Å². The quantitative estimate of drug-likeness (QED) is 0.683. The molecule has 4 nitrogen and oxygen atoms in total. The van der Waals surface area contributed by atoms with Crippen LogP contribution in [0.15, 0.2) is 0 Å². The molecule has 3 fully saturated rings. The van der Waals surface area contributed by atoms with E-state index in [1.807, 2.05) is 0 Å². The summed E-state index contributed by atoms with van der Waals surface area (Å²) < 4.78 is 5.57. The summed E-state index contributed by atoms with van der Waals surface area (Å²) in [6.07, 6.45) is 7.09. The van der Waals surface area contributed by atoms with E-state index in [1.165, 1.54) is 25.7 Å². The number of ether oxygens (including phenoxy) is 1. The Morgan fingerprint density at radius 2 is 2.11 bits per heavy atom. The molecular weight excluding hydrogens is 240 g/mol. The van der Waals surface area contributed by atoms with Gasteiger partial charge in [-0.25, -0.2) is 0 Å². The van der Waals surface area contributed by atoms with Crippen molar-refractivity contribution in [2.24, 2.45) is 17.3 Å². The Bertz CT molecular complexity index is 322. The molecule has 0 bridgehead atoms. The first-order valence-corrected chi connectivity index (χ1v) is 7.86. The predicted molar refractivity (Wildman–Crippen MR) is 73.8 cm³/mol. The predicted octanol–water partition coefficient (Wildman–Crippen LogP) is 1.31. The summed E-state index contributed by atoms with van der Waals surface area (Å²) in [7, 11) is 0. The highest BCUT2D eigenvalue weighted by atomic mass is 16.5. The SMILES string of the molecule is O=C(NCCCOCC1CC1)C1CC12CCNCC2. The lowest BCUT2D eigenvalue weighted by Gasteiger charge is -2.23. The van der Waals surface area contributed by atoms with Crippen LogP contribution in [0.4, 0.5) is 0 Å². The standard InChI is InChI=1S/C15H26N2O2/c18-14(13-10-15(13)4-7-16-8-5-15)17-6-1-9-19-11-12-2-3-12/h12-13,16H,1-11H2,(H,17,18). The number of piperidine rings is 1. The van der Waals surface area contributed by atoms with Crippen molar-refractivity contribution in [2.75, 3.05) is 32.8 Å². The van der Waals surface area contributed by atoms with E-state index in [0.717, 1.165) is 51.6 Å². The summed E-state index contributed by atoms with van der Waals surface area (Å²) >= 11 is 0. The summed E-state index contributed by atoms with van der Waals surface area (Å²) in [6, 6.07) is 0. The minimum atomic E-state index is 0.282. The molecule has 1 amide bonds. The molecular formula is C15H26N2O2. The highest BCUT2D eigenvalue weighted by Gasteiger charge is 2.57. The Morgan fingerprint density at radius 1 is 1.32 bits per heavy atom. The summed E-state index contributed by atoms with van der Waals surface area (Å²) in [4.78, 5) is 12.1. The first kappa shape index (κ1) is 13.4. The van der Waals surface area contributed by atoms with E-state index >= 15 is 0 Å². The molecule has 4 heteroatoms. The molecule has 2 saturated carbocycles. The van der Waals surface area contributed by atoms with Crippen LogP contribution < -0.4 is 10.6 Å². The first-order chi connectivity index (χ1) is 9.30. The molecule has 0 aromatic heterocycles. The minimum absolute atomic E-state index is 0.282. The summed E-state index contributed by atoms with van der Waals surface area (Å²) in [5, 5.41) is 6.45. The van der Waals surface area contributed by atoms with Crippen molar-refractivity contribution in [3.63, 3.8) is 0 Å². The Balaban J connectivity index is 1.25. The van der Waals surface area contributed by atoms with Crippen molar-refractivity contribution in [2.45, 2.75) is 38.5 Å². The summed E-state index contributed by atoms with van der Waals surface area (Å²) in [6.45, 7) is 4.65. The van der Waals surface area contributed by atoms with Crippen LogP contribution in [0.2, 0.25) is 0 Å². The summed E-state index contributed by atoms with van der Waals surface area (Å²) in [5.74, 6) is 1.41. The fraction of sp³-hybridized carbons (Fsp3) is 0.933. The number of rotatable bonds is 7. The Labute approximate surface area is 115 Å². The van der Waals surface area contributed by atoms with Gasteiger partial charge in [-0.15, -0.1) is 0 Å². The van der Waals surface area contributed by atoms with Crippen molar-refractivity contribution in [1.29, 1.82) is 0 Å². The van der Waals surface area contributed by atoms with Crippen LogP contribution in [0, 0.1) is 17.3 Å². The molecule has 0 aromatic carbocycles. The Kier molecular flexibility index (Phi) is 4.08. The first-order valence-electron chi connectivity index (χ1n) is 7.86. The molecule has 108 valence electrons. The van der Waals surface area contributed by atoms with E-state index < -0.39 is 0 Å². The number of amides is 1. The maximum Gasteiger partial charge on any atom is 0.223 e. The molecule has 2 N–H and O–H groups in total. The normalized spacial score (nSPS) is 28.3. The molecule has 1 spiro atoms. The average Bonchev–Trinajstić information content (AvgIpc) is 3.32. The van der Waals surface area contributed by atoms with Gasteiger partial charge >= 0.3 is 0 Å². The maximum atomic E-state index is 12.1. The highest BCUT2D eigenvalue weighted by molar-refractivity contribution is 5.82. The number of carbonyl (C=O) groups is 1. The molecule has 0 aromatic rings. The molecule has 3 aliphatic rings. The van der Waals surface area contributed by atoms with E-state index in [4.69, 9.17) is 4.74 Å². The third-order valence-electron chi connectivity index (χ3n) is 4.92. The lowest BCUT2D eigenvalue weighted by molar-refractivity contribution is -0.123. The van der Waals surface area contributed by atoms with Crippen LogP contribution in [0.3, 0.4) is 0 Å². The van der Waals surface area contributed by atoms with Gasteiger partial charge < -0.3 is 15.4 Å². The van der Waals surface area contributed by atoms with Crippen LogP contribution >= 0.6 is 0 Å². The molecule has 1 saturated heterocycles. The third kappa shape index (κ3) is 3.48. The van der Waals surface area contributed by atoms with Crippen LogP contribution in [-0.2, 0) is 9.53 Å². The zero-order valence-corrected chi connectivity index (χ0v) is 11.7. The highest BCUT2D eigenvalue weighted by Crippen LogP contribution is 2.58. The molecule has 0 radical (unpaired) electrons. The lowest BCUT2D eigenvalue weighted by Crippen LogP contribution is -2.34. The van der Waals surface area contributed by atoms with Gasteiger partial charge in [0, 0.05) is 25.7 Å². The second-order valence-electron chi connectivity index (χ2n) is 6.53. The van der Waals surface area contributed by atoms with Gasteiger partial charge in [0.2, 0.25) is 5.91 Å². The van der Waals surface area contributed by atoms with Crippen LogP contribution in [-0.4, -0.2) is 38.8 Å². The Hall–Kier alpha value is -0.610. The van der Waals surface area contributed by atoms with Gasteiger partial charge in [-0.3, -0.25) is 4.79 Å². The van der Waals surface area contributed by atoms with Gasteiger partial charge in [0.05, 0.1) is 0 Å². The molecule has 1 unspecified atom stereocenters. The summed E-state index contributed by atoms with van der Waals surface area (Å²) in [5.41, 5.74) is 0.359. The average molecular weight is 266 g/mol. The fourth-order valence-corrected chi connectivity index (χ4v) is 3.24. The van der Waals surface area contributed by atoms with Crippen molar-refractivity contribution < 1.29 is 9.53 Å². The van der Waals surface area contributed by atoms with Gasteiger partial charge in [0.15, 0.2) is 0 Å². The van der Waals surface area contributed by atoms with Gasteiger partial charge in [-0.2, -0.15) is 0 Å². The fourth-order valence-electron chi connectivity index (χ4n) is 3.24. The molecule has 1 atom stereocenters. The number of nitrogens with one attached hydrogen (secondary N) is 2. The van der Waals surface area contributed by atoms with E-state index in [1.54, 1.807) is 0 Å². The van der Waals surface area contributed by atoms with E-state index in [9.17, 15) is 4.79 Å². The number of carbonyl (C=O) groups excluding carboxylic acids is 1. The van der Waals surface area contributed by atoms with Gasteiger partial charge in [0.25, 0.3) is 0 Å². The lowest BCUT2D eigenvalue weighted by atomic mass is 9.92. The number of hydrogen-bond donors (Lipinski definition) is 2. The van der Waals surface area contributed by atoms with Crippen LogP contribution in [0.1, 0.15) is 38.5 Å². The topological polar surface area (TPSA) is 50.4 Å². The van der Waals surface area contributed by atoms with Crippen molar-refractivity contribution in [1.82, 2.24) is 10.6 Å². The molecule has 19 heavy (non-hydrogen) atoms. The largest absolute Gasteiger partial charge is 0.381 e. The zero-order chi connectivity index (χ0) is 13.1. The van der Waals surface area contributed by atoms with E-state index in [2.05, 4.69) is 10.6 Å². The Morgan fingerprint density at radius 3 is 2.84 bits per heavy atom. The maximum absolute atomic E-state index is 12.1. The van der Waals surface area contributed by atoms with Gasteiger partial charge in [-0.05, 0) is 62.9 Å². The van der Waals surface area contributed by atoms with Crippen molar-refractivity contribution in [3.8, 4) is 0 Å².